The van der Waals surface area contributed by atoms with Crippen molar-refractivity contribution in [3.05, 3.63) is 42.5 Å². The smallest absolute Gasteiger partial charge is 0.0750 e. The zero-order chi connectivity index (χ0) is 11.1. The van der Waals surface area contributed by atoms with Crippen LogP contribution in [-0.2, 0) is 0 Å². The minimum absolute atomic E-state index is 0. The Balaban J connectivity index is 0.000000810. The van der Waals surface area contributed by atoms with E-state index in [4.69, 9.17) is 11.5 Å². The van der Waals surface area contributed by atoms with Crippen molar-refractivity contribution >= 4 is 45.6 Å². The number of aromatic nitrogens is 1. The van der Waals surface area contributed by atoms with Gasteiger partial charge in [0, 0.05) is 16.5 Å². The maximum absolute atomic E-state index is 6.12. The summed E-state index contributed by atoms with van der Waals surface area (Å²) in [6.45, 7) is 0. The van der Waals surface area contributed by atoms with Crippen LogP contribution in [0.3, 0.4) is 0 Å². The van der Waals surface area contributed by atoms with Gasteiger partial charge in [-0.3, -0.25) is 0 Å². The fourth-order valence-corrected chi connectivity index (χ4v) is 1.94. The van der Waals surface area contributed by atoms with Gasteiger partial charge in [-0.15, -0.1) is 12.4 Å². The van der Waals surface area contributed by atoms with Crippen molar-refractivity contribution in [3.8, 4) is 0 Å². The van der Waals surface area contributed by atoms with Gasteiger partial charge < -0.3 is 16.9 Å². The Hall–Kier alpha value is -2.04. The predicted octanol–water partition coefficient (Wildman–Crippen LogP) is 2.15. The van der Waals surface area contributed by atoms with Crippen LogP contribution >= 0.6 is 12.4 Å². The molecular formula is C13H14ClN3O. The number of anilines is 2. The molecule has 3 aromatic rings. The van der Waals surface area contributed by atoms with E-state index >= 15 is 0 Å². The maximum Gasteiger partial charge on any atom is 0.0750 e. The molecular weight excluding hydrogens is 250 g/mol. The molecule has 0 aliphatic rings. The zero-order valence-corrected chi connectivity index (χ0v) is 10.4. The van der Waals surface area contributed by atoms with Crippen molar-refractivity contribution in [3.63, 3.8) is 0 Å². The molecule has 0 spiro atoms. The van der Waals surface area contributed by atoms with Crippen molar-refractivity contribution < 1.29 is 5.48 Å². The fraction of sp³-hybridized carbons (Fsp3) is 0. The first-order valence-corrected chi connectivity index (χ1v) is 5.09. The van der Waals surface area contributed by atoms with Gasteiger partial charge in [0.2, 0.25) is 0 Å². The molecule has 0 unspecified atom stereocenters. The number of benzene rings is 2. The SMILES string of the molecule is Cl.Nc1ccc2c(N)c3ccccc3nc2c1.O. The van der Waals surface area contributed by atoms with Gasteiger partial charge >= 0.3 is 0 Å². The summed E-state index contributed by atoms with van der Waals surface area (Å²) in [5.74, 6) is 0. The largest absolute Gasteiger partial charge is 0.412 e. The summed E-state index contributed by atoms with van der Waals surface area (Å²) in [6, 6.07) is 13.4. The van der Waals surface area contributed by atoms with Crippen LogP contribution in [0.25, 0.3) is 21.8 Å². The first kappa shape index (κ1) is 14.0. The van der Waals surface area contributed by atoms with Crippen LogP contribution in [0.2, 0.25) is 0 Å². The van der Waals surface area contributed by atoms with E-state index in [1.165, 1.54) is 0 Å². The first-order valence-electron chi connectivity index (χ1n) is 5.09. The summed E-state index contributed by atoms with van der Waals surface area (Å²) in [5, 5.41) is 1.94. The molecule has 94 valence electrons. The molecule has 0 aliphatic heterocycles. The number of para-hydroxylation sites is 1. The summed E-state index contributed by atoms with van der Waals surface area (Å²) < 4.78 is 0. The Morgan fingerprint density at radius 2 is 1.50 bits per heavy atom. The number of nitrogen functional groups attached to an aromatic ring is 2. The molecule has 1 heterocycles. The number of halogens is 1. The topological polar surface area (TPSA) is 96.4 Å². The molecule has 0 aliphatic carbocycles. The summed E-state index contributed by atoms with van der Waals surface area (Å²) in [6.07, 6.45) is 0. The molecule has 0 radical (unpaired) electrons. The minimum atomic E-state index is 0. The van der Waals surface area contributed by atoms with Crippen LogP contribution in [-0.4, -0.2) is 10.5 Å². The predicted molar refractivity (Wildman–Crippen MR) is 78.9 cm³/mol. The van der Waals surface area contributed by atoms with Crippen molar-refractivity contribution in [1.29, 1.82) is 0 Å². The quantitative estimate of drug-likeness (QED) is 0.480. The standard InChI is InChI=1S/C13H11N3.ClH.H2O/c14-8-5-6-10-12(7-8)16-11-4-2-1-3-9(11)13(10)15;;/h1-7H,14H2,(H2,15,16);1H;1H2. The molecule has 4 nitrogen and oxygen atoms in total. The van der Waals surface area contributed by atoms with Gasteiger partial charge in [-0.2, -0.15) is 0 Å². The molecule has 18 heavy (non-hydrogen) atoms. The lowest BCUT2D eigenvalue weighted by Crippen LogP contribution is -1.93. The lowest BCUT2D eigenvalue weighted by molar-refractivity contribution is 0.824. The highest BCUT2D eigenvalue weighted by molar-refractivity contribution is 6.06. The van der Waals surface area contributed by atoms with Gasteiger partial charge in [0.25, 0.3) is 0 Å². The van der Waals surface area contributed by atoms with E-state index in [0.29, 0.717) is 5.69 Å². The molecule has 3 rings (SSSR count). The molecule has 1 aromatic heterocycles. The Morgan fingerprint density at radius 1 is 0.833 bits per heavy atom. The number of nitrogens with zero attached hydrogens (tertiary/aromatic N) is 1. The summed E-state index contributed by atoms with van der Waals surface area (Å²) in [5.41, 5.74) is 15.1. The monoisotopic (exact) mass is 263 g/mol. The molecule has 0 amide bonds. The summed E-state index contributed by atoms with van der Waals surface area (Å²) in [7, 11) is 0. The Morgan fingerprint density at radius 3 is 2.28 bits per heavy atom. The van der Waals surface area contributed by atoms with E-state index in [0.717, 1.165) is 27.5 Å². The van der Waals surface area contributed by atoms with Gasteiger partial charge in [-0.25, -0.2) is 4.98 Å². The molecule has 6 N–H and O–H groups in total. The molecule has 0 saturated heterocycles. The number of rotatable bonds is 0. The summed E-state index contributed by atoms with van der Waals surface area (Å²) >= 11 is 0. The molecule has 0 saturated carbocycles. The van der Waals surface area contributed by atoms with E-state index in [1.807, 2.05) is 42.5 Å². The van der Waals surface area contributed by atoms with Crippen LogP contribution < -0.4 is 11.5 Å². The maximum atomic E-state index is 6.12. The zero-order valence-electron chi connectivity index (χ0n) is 9.55. The Bertz CT molecular complexity index is 700. The second kappa shape index (κ2) is 5.08. The fourth-order valence-electron chi connectivity index (χ4n) is 1.94. The molecule has 0 atom stereocenters. The third-order valence-corrected chi connectivity index (χ3v) is 2.75. The lowest BCUT2D eigenvalue weighted by Gasteiger charge is -2.06. The number of fused-ring (bicyclic) bond motifs is 2. The highest BCUT2D eigenvalue weighted by Crippen LogP contribution is 2.28. The van der Waals surface area contributed by atoms with Crippen molar-refractivity contribution in [2.45, 2.75) is 0 Å². The van der Waals surface area contributed by atoms with Gasteiger partial charge in [0.05, 0.1) is 16.7 Å². The molecule has 0 bridgehead atoms. The average Bonchev–Trinajstić information content (AvgIpc) is 2.29. The van der Waals surface area contributed by atoms with Crippen LogP contribution in [0, 0.1) is 0 Å². The minimum Gasteiger partial charge on any atom is -0.412 e. The van der Waals surface area contributed by atoms with E-state index < -0.39 is 0 Å². The van der Waals surface area contributed by atoms with Crippen molar-refractivity contribution in [2.24, 2.45) is 0 Å². The van der Waals surface area contributed by atoms with Crippen molar-refractivity contribution in [2.75, 3.05) is 11.5 Å². The Kier molecular flexibility index (Phi) is 3.96. The van der Waals surface area contributed by atoms with Crippen LogP contribution in [0.15, 0.2) is 42.5 Å². The van der Waals surface area contributed by atoms with Crippen LogP contribution in [0.5, 0.6) is 0 Å². The highest BCUT2D eigenvalue weighted by atomic mass is 35.5. The lowest BCUT2D eigenvalue weighted by atomic mass is 10.1. The summed E-state index contributed by atoms with van der Waals surface area (Å²) in [4.78, 5) is 4.54. The van der Waals surface area contributed by atoms with Gasteiger partial charge in [-0.05, 0) is 24.3 Å². The third-order valence-electron chi connectivity index (χ3n) is 2.75. The van der Waals surface area contributed by atoms with E-state index in [9.17, 15) is 0 Å². The van der Waals surface area contributed by atoms with Crippen LogP contribution in [0.4, 0.5) is 11.4 Å². The highest BCUT2D eigenvalue weighted by Gasteiger charge is 2.05. The first-order chi connectivity index (χ1) is 7.75. The number of hydrogen-bond donors (Lipinski definition) is 2. The van der Waals surface area contributed by atoms with E-state index in [2.05, 4.69) is 4.98 Å². The van der Waals surface area contributed by atoms with Gasteiger partial charge in [-0.1, -0.05) is 18.2 Å². The Labute approximate surface area is 110 Å². The third kappa shape index (κ3) is 2.03. The second-order valence-electron chi connectivity index (χ2n) is 3.82. The van der Waals surface area contributed by atoms with Crippen LogP contribution in [0.1, 0.15) is 0 Å². The number of pyridine rings is 1. The molecule has 5 heteroatoms. The van der Waals surface area contributed by atoms with Gasteiger partial charge in [0.1, 0.15) is 0 Å². The average molecular weight is 264 g/mol. The number of nitrogens with two attached hydrogens (primary N) is 2. The normalized spacial score (nSPS) is 9.78. The van der Waals surface area contributed by atoms with Gasteiger partial charge in [0.15, 0.2) is 0 Å². The molecule has 0 fully saturated rings. The van der Waals surface area contributed by atoms with E-state index in [1.54, 1.807) is 0 Å². The number of hydrogen-bond acceptors (Lipinski definition) is 3. The van der Waals surface area contributed by atoms with E-state index in [-0.39, 0.29) is 17.9 Å². The van der Waals surface area contributed by atoms with Crippen molar-refractivity contribution in [1.82, 2.24) is 4.98 Å². The molecule has 2 aromatic carbocycles. The second-order valence-corrected chi connectivity index (χ2v) is 3.82.